The quantitative estimate of drug-likeness (QED) is 0.898. The smallest absolute Gasteiger partial charge is 0.255 e. The van der Waals surface area contributed by atoms with Crippen LogP contribution in [0.1, 0.15) is 17.3 Å². The highest BCUT2D eigenvalue weighted by Gasteiger charge is 2.21. The van der Waals surface area contributed by atoms with E-state index >= 15 is 0 Å². The number of carbonyl (C=O) groups is 1. The van der Waals surface area contributed by atoms with Crippen LogP contribution in [0.15, 0.2) is 48.5 Å². The van der Waals surface area contributed by atoms with Gasteiger partial charge in [0.2, 0.25) is 0 Å². The van der Waals surface area contributed by atoms with Gasteiger partial charge in [-0.1, -0.05) is 18.2 Å². The predicted molar refractivity (Wildman–Crippen MR) is 94.2 cm³/mol. The summed E-state index contributed by atoms with van der Waals surface area (Å²) in [6, 6.07) is 13.5. The molecule has 1 saturated heterocycles. The molecule has 2 aromatic carbocycles. The molecule has 0 unspecified atom stereocenters. The molecule has 0 aromatic heterocycles. The number of quaternary nitrogens is 1. The van der Waals surface area contributed by atoms with Gasteiger partial charge in [-0.3, -0.25) is 4.79 Å². The molecule has 3 rings (SSSR count). The number of halogens is 1. The van der Waals surface area contributed by atoms with Crippen LogP contribution in [0.4, 0.5) is 15.8 Å². The Hall–Kier alpha value is -2.40. The van der Waals surface area contributed by atoms with Crippen molar-refractivity contribution in [2.75, 3.05) is 42.9 Å². The lowest BCUT2D eigenvalue weighted by Gasteiger charge is -2.34. The lowest BCUT2D eigenvalue weighted by atomic mass is 10.1. The van der Waals surface area contributed by atoms with E-state index in [2.05, 4.69) is 17.1 Å². The summed E-state index contributed by atoms with van der Waals surface area (Å²) < 4.78 is 13.3. The van der Waals surface area contributed by atoms with E-state index in [0.29, 0.717) is 5.56 Å². The maximum atomic E-state index is 13.3. The summed E-state index contributed by atoms with van der Waals surface area (Å²) in [7, 11) is 0. The predicted octanol–water partition coefficient (Wildman–Crippen LogP) is 1.80. The van der Waals surface area contributed by atoms with Gasteiger partial charge in [-0.15, -0.1) is 0 Å². The zero-order valence-corrected chi connectivity index (χ0v) is 13.9. The van der Waals surface area contributed by atoms with Gasteiger partial charge in [-0.2, -0.15) is 0 Å². The van der Waals surface area contributed by atoms with Crippen LogP contribution in [-0.2, 0) is 0 Å². The Morgan fingerprint density at radius 3 is 2.62 bits per heavy atom. The first kappa shape index (κ1) is 16.5. The molecular weight excluding hydrogens is 305 g/mol. The first-order valence-electron chi connectivity index (χ1n) is 8.42. The van der Waals surface area contributed by atoms with E-state index in [0.717, 1.165) is 44.1 Å². The minimum atomic E-state index is -0.408. The van der Waals surface area contributed by atoms with Crippen molar-refractivity contribution >= 4 is 17.3 Å². The highest BCUT2D eigenvalue weighted by molar-refractivity contribution is 6.05. The van der Waals surface area contributed by atoms with Crippen LogP contribution in [-0.4, -0.2) is 38.6 Å². The molecule has 4 nitrogen and oxygen atoms in total. The van der Waals surface area contributed by atoms with Crippen molar-refractivity contribution < 1.29 is 14.1 Å². The number of carbonyl (C=O) groups excluding carboxylic acids is 1. The first-order valence-corrected chi connectivity index (χ1v) is 8.42. The number of likely N-dealkylation sites (N-methyl/N-ethyl adjacent to an activating group) is 1. The molecule has 2 N–H and O–H groups in total. The van der Waals surface area contributed by atoms with Gasteiger partial charge in [0.25, 0.3) is 5.91 Å². The van der Waals surface area contributed by atoms with E-state index in [9.17, 15) is 9.18 Å². The first-order chi connectivity index (χ1) is 11.7. The molecule has 0 bridgehead atoms. The summed E-state index contributed by atoms with van der Waals surface area (Å²) in [5, 5.41) is 2.92. The molecule has 126 valence electrons. The molecule has 2 aromatic rings. The third-order valence-electron chi connectivity index (χ3n) is 4.55. The molecule has 0 spiro atoms. The number of hydrogen-bond acceptors (Lipinski definition) is 2. The van der Waals surface area contributed by atoms with Gasteiger partial charge < -0.3 is 15.1 Å². The van der Waals surface area contributed by atoms with Crippen LogP contribution in [0.3, 0.4) is 0 Å². The number of para-hydroxylation sites is 2. The number of nitrogens with zero attached hydrogens (tertiary/aromatic N) is 1. The summed E-state index contributed by atoms with van der Waals surface area (Å²) in [4.78, 5) is 16.3. The third-order valence-corrected chi connectivity index (χ3v) is 4.55. The number of piperazine rings is 1. The number of anilines is 2. The van der Waals surface area contributed by atoms with Gasteiger partial charge in [0.05, 0.1) is 44.1 Å². The van der Waals surface area contributed by atoms with E-state index in [4.69, 9.17) is 0 Å². The van der Waals surface area contributed by atoms with E-state index in [-0.39, 0.29) is 5.91 Å². The van der Waals surface area contributed by atoms with Crippen molar-refractivity contribution in [3.8, 4) is 0 Å². The molecule has 1 aliphatic rings. The Morgan fingerprint density at radius 1 is 1.17 bits per heavy atom. The van der Waals surface area contributed by atoms with Crippen LogP contribution in [0, 0.1) is 5.82 Å². The minimum absolute atomic E-state index is 0.292. The fraction of sp³-hybridized carbons (Fsp3) is 0.316. The van der Waals surface area contributed by atoms with Crippen LogP contribution in [0.25, 0.3) is 0 Å². The second kappa shape index (κ2) is 7.45. The Balaban J connectivity index is 1.76. The molecule has 0 radical (unpaired) electrons. The van der Waals surface area contributed by atoms with Gasteiger partial charge >= 0.3 is 0 Å². The molecule has 0 aliphatic carbocycles. The lowest BCUT2D eigenvalue weighted by molar-refractivity contribution is -0.898. The largest absolute Gasteiger partial charge is 0.359 e. The van der Waals surface area contributed by atoms with Gasteiger partial charge in [0, 0.05) is 5.56 Å². The van der Waals surface area contributed by atoms with Crippen molar-refractivity contribution in [3.63, 3.8) is 0 Å². The fourth-order valence-corrected chi connectivity index (χ4v) is 3.10. The van der Waals surface area contributed by atoms with E-state index in [1.54, 1.807) is 17.0 Å². The summed E-state index contributed by atoms with van der Waals surface area (Å²) in [5.74, 6) is -0.700. The Labute approximate surface area is 141 Å². The molecule has 1 amide bonds. The molecule has 1 fully saturated rings. The molecule has 0 atom stereocenters. The monoisotopic (exact) mass is 328 g/mol. The number of nitrogens with one attached hydrogen (secondary N) is 2. The molecule has 0 saturated carbocycles. The zero-order valence-electron chi connectivity index (χ0n) is 13.9. The number of amides is 1. The van der Waals surface area contributed by atoms with Crippen LogP contribution in [0.2, 0.25) is 0 Å². The standard InChI is InChI=1S/C19H22FN3O/c1-2-22-10-12-23(13-11-22)18-9-4-3-8-17(18)21-19(24)15-6-5-7-16(20)14-15/h3-9,14H,2,10-13H2,1H3,(H,21,24)/p+1. The number of rotatable bonds is 4. The minimum Gasteiger partial charge on any atom is -0.359 e. The summed E-state index contributed by atoms with van der Waals surface area (Å²) in [6.07, 6.45) is 0. The Kier molecular flexibility index (Phi) is 5.11. The average molecular weight is 328 g/mol. The van der Waals surface area contributed by atoms with Crippen molar-refractivity contribution in [3.05, 3.63) is 59.9 Å². The average Bonchev–Trinajstić information content (AvgIpc) is 2.62. The highest BCUT2D eigenvalue weighted by atomic mass is 19.1. The lowest BCUT2D eigenvalue weighted by Crippen LogP contribution is -3.14. The SMILES string of the molecule is CC[NH+]1CCN(c2ccccc2NC(=O)c2cccc(F)c2)CC1. The van der Waals surface area contributed by atoms with Crippen molar-refractivity contribution in [2.45, 2.75) is 6.92 Å². The number of hydrogen-bond donors (Lipinski definition) is 2. The molecule has 24 heavy (non-hydrogen) atoms. The van der Waals surface area contributed by atoms with Gasteiger partial charge in [0.15, 0.2) is 0 Å². The normalized spacial score (nSPS) is 15.3. The van der Waals surface area contributed by atoms with Gasteiger partial charge in [-0.25, -0.2) is 4.39 Å². The summed E-state index contributed by atoms with van der Waals surface area (Å²) in [5.41, 5.74) is 2.12. The Morgan fingerprint density at radius 2 is 1.92 bits per heavy atom. The summed E-state index contributed by atoms with van der Waals surface area (Å²) in [6.45, 7) is 7.49. The maximum absolute atomic E-state index is 13.3. The second-order valence-electron chi connectivity index (χ2n) is 6.07. The number of benzene rings is 2. The molecule has 1 aliphatic heterocycles. The van der Waals surface area contributed by atoms with Crippen LogP contribution in [0.5, 0.6) is 0 Å². The van der Waals surface area contributed by atoms with Crippen molar-refractivity contribution in [1.82, 2.24) is 0 Å². The van der Waals surface area contributed by atoms with Gasteiger partial charge in [-0.05, 0) is 37.3 Å². The van der Waals surface area contributed by atoms with Crippen molar-refractivity contribution in [1.29, 1.82) is 0 Å². The zero-order chi connectivity index (χ0) is 16.9. The van der Waals surface area contributed by atoms with Crippen LogP contribution >= 0.6 is 0 Å². The highest BCUT2D eigenvalue weighted by Crippen LogP contribution is 2.26. The second-order valence-corrected chi connectivity index (χ2v) is 6.07. The van der Waals surface area contributed by atoms with E-state index in [1.165, 1.54) is 12.1 Å². The van der Waals surface area contributed by atoms with E-state index in [1.807, 2.05) is 24.3 Å². The Bertz CT molecular complexity index is 711. The van der Waals surface area contributed by atoms with Gasteiger partial charge in [0.1, 0.15) is 5.82 Å². The molecular formula is C19H23FN3O+. The molecule has 1 heterocycles. The van der Waals surface area contributed by atoms with E-state index < -0.39 is 5.82 Å². The topological polar surface area (TPSA) is 36.8 Å². The fourth-order valence-electron chi connectivity index (χ4n) is 3.10. The third kappa shape index (κ3) is 3.74. The molecule has 5 heteroatoms. The van der Waals surface area contributed by atoms with Crippen LogP contribution < -0.4 is 15.1 Å². The summed E-state index contributed by atoms with van der Waals surface area (Å²) >= 11 is 0. The van der Waals surface area contributed by atoms with Crippen molar-refractivity contribution in [2.24, 2.45) is 0 Å². The maximum Gasteiger partial charge on any atom is 0.255 e.